The Morgan fingerprint density at radius 3 is 1.28 bits per heavy atom. The van der Waals surface area contributed by atoms with Crippen LogP contribution in [0.5, 0.6) is 0 Å². The van der Waals surface area contributed by atoms with E-state index in [4.69, 9.17) is 0 Å². The summed E-state index contributed by atoms with van der Waals surface area (Å²) in [5, 5.41) is 3.57. The van der Waals surface area contributed by atoms with Gasteiger partial charge in [-0.15, -0.1) is 0 Å². The minimum absolute atomic E-state index is 0. The van der Waals surface area contributed by atoms with Crippen LogP contribution in [0.25, 0.3) is 0 Å². The first-order valence-corrected chi connectivity index (χ1v) is 8.12. The van der Waals surface area contributed by atoms with Gasteiger partial charge in [0.25, 0.3) is 0 Å². The fourth-order valence-corrected chi connectivity index (χ4v) is 2.19. The van der Waals surface area contributed by atoms with Crippen LogP contribution in [-0.4, -0.2) is 13.1 Å². The summed E-state index contributed by atoms with van der Waals surface area (Å²) in [5.74, 6) is 0. The molecular formula is C16H36LiN. The van der Waals surface area contributed by atoms with Gasteiger partial charge >= 0.3 is 18.9 Å². The molecule has 0 rings (SSSR count). The molecule has 0 saturated carbocycles. The van der Waals surface area contributed by atoms with Crippen LogP contribution < -0.4 is 24.2 Å². The Hall–Kier alpha value is 0.557. The van der Waals surface area contributed by atoms with Gasteiger partial charge in [0.15, 0.2) is 0 Å². The van der Waals surface area contributed by atoms with Gasteiger partial charge in [-0.05, 0) is 25.9 Å². The zero-order valence-corrected chi connectivity index (χ0v) is 13.4. The Balaban J connectivity index is -0.00000128. The Morgan fingerprint density at radius 1 is 0.556 bits per heavy atom. The van der Waals surface area contributed by atoms with E-state index in [0.717, 1.165) is 0 Å². The average Bonchev–Trinajstić information content (AvgIpc) is 2.35. The fourth-order valence-electron chi connectivity index (χ4n) is 2.19. The van der Waals surface area contributed by atoms with Gasteiger partial charge in [0.2, 0.25) is 0 Å². The largest absolute Gasteiger partial charge is 1.00 e. The van der Waals surface area contributed by atoms with Crippen molar-refractivity contribution in [2.24, 2.45) is 0 Å². The van der Waals surface area contributed by atoms with Crippen LogP contribution in [0.1, 0.15) is 92.3 Å². The summed E-state index contributed by atoms with van der Waals surface area (Å²) >= 11 is 0. The van der Waals surface area contributed by atoms with Crippen LogP contribution >= 0.6 is 0 Å². The molecule has 0 heterocycles. The van der Waals surface area contributed by atoms with Gasteiger partial charge in [-0.3, -0.25) is 0 Å². The quantitative estimate of drug-likeness (QED) is 0.368. The molecule has 0 atom stereocenters. The zero-order chi connectivity index (χ0) is 12.6. The molecule has 0 aliphatic carbocycles. The van der Waals surface area contributed by atoms with Gasteiger partial charge in [-0.1, -0.05) is 78.1 Å². The van der Waals surface area contributed by atoms with E-state index >= 15 is 0 Å². The molecule has 0 fully saturated rings. The van der Waals surface area contributed by atoms with E-state index in [1.165, 1.54) is 90.1 Å². The number of hydrogen-bond donors (Lipinski definition) is 1. The van der Waals surface area contributed by atoms with Crippen LogP contribution in [-0.2, 0) is 0 Å². The number of unbranched alkanes of at least 4 members (excludes halogenated alkanes) is 10. The third kappa shape index (κ3) is 18.9. The SMILES string of the molecule is CCCCCCCCNCCCCCCCC.[H-].[Li+]. The van der Waals surface area contributed by atoms with E-state index in [1.54, 1.807) is 0 Å². The first kappa shape index (κ1) is 20.9. The van der Waals surface area contributed by atoms with Crippen LogP contribution in [0.3, 0.4) is 0 Å². The summed E-state index contributed by atoms with van der Waals surface area (Å²) in [6, 6.07) is 0. The molecule has 0 aromatic heterocycles. The number of nitrogens with one attached hydrogen (secondary N) is 1. The predicted molar refractivity (Wildman–Crippen MR) is 80.7 cm³/mol. The second kappa shape index (κ2) is 19.9. The van der Waals surface area contributed by atoms with E-state index in [-0.39, 0.29) is 20.3 Å². The minimum atomic E-state index is 0. The van der Waals surface area contributed by atoms with Crippen molar-refractivity contribution >= 4 is 0 Å². The zero-order valence-electron chi connectivity index (χ0n) is 14.4. The Bertz CT molecular complexity index is 120. The molecule has 0 saturated heterocycles. The molecule has 0 radical (unpaired) electrons. The van der Waals surface area contributed by atoms with Crippen molar-refractivity contribution in [3.8, 4) is 0 Å². The van der Waals surface area contributed by atoms with Gasteiger partial charge in [0.05, 0.1) is 0 Å². The summed E-state index contributed by atoms with van der Waals surface area (Å²) in [6.07, 6.45) is 16.9. The van der Waals surface area contributed by atoms with Gasteiger partial charge in [0.1, 0.15) is 0 Å². The van der Waals surface area contributed by atoms with Crippen molar-refractivity contribution in [2.45, 2.75) is 90.9 Å². The van der Waals surface area contributed by atoms with Crippen molar-refractivity contribution < 1.29 is 20.3 Å². The van der Waals surface area contributed by atoms with Crippen molar-refractivity contribution in [1.82, 2.24) is 5.32 Å². The van der Waals surface area contributed by atoms with Crippen molar-refractivity contribution in [2.75, 3.05) is 13.1 Å². The van der Waals surface area contributed by atoms with Crippen LogP contribution in [0.2, 0.25) is 0 Å². The number of hydrogen-bond acceptors (Lipinski definition) is 1. The van der Waals surface area contributed by atoms with E-state index in [9.17, 15) is 0 Å². The molecule has 0 aliphatic heterocycles. The maximum Gasteiger partial charge on any atom is 1.00 e. The molecule has 0 aromatic carbocycles. The topological polar surface area (TPSA) is 12.0 Å². The second-order valence-corrected chi connectivity index (χ2v) is 5.29. The summed E-state index contributed by atoms with van der Waals surface area (Å²) in [4.78, 5) is 0. The molecule has 18 heavy (non-hydrogen) atoms. The van der Waals surface area contributed by atoms with Crippen LogP contribution in [0.4, 0.5) is 0 Å². The molecule has 0 bridgehead atoms. The summed E-state index contributed by atoms with van der Waals surface area (Å²) in [7, 11) is 0. The maximum atomic E-state index is 3.57. The third-order valence-corrected chi connectivity index (χ3v) is 3.41. The smallest absolute Gasteiger partial charge is 1.00 e. The average molecular weight is 249 g/mol. The first-order valence-electron chi connectivity index (χ1n) is 8.12. The van der Waals surface area contributed by atoms with E-state index in [2.05, 4.69) is 19.2 Å². The molecule has 0 aliphatic rings. The Morgan fingerprint density at radius 2 is 0.889 bits per heavy atom. The molecule has 0 spiro atoms. The maximum absolute atomic E-state index is 3.57. The third-order valence-electron chi connectivity index (χ3n) is 3.41. The van der Waals surface area contributed by atoms with Gasteiger partial charge in [0, 0.05) is 0 Å². The Kier molecular flexibility index (Phi) is 23.1. The number of rotatable bonds is 14. The van der Waals surface area contributed by atoms with E-state index < -0.39 is 0 Å². The molecule has 0 amide bonds. The van der Waals surface area contributed by atoms with Crippen LogP contribution in [0, 0.1) is 0 Å². The normalized spacial score (nSPS) is 10.3. The fraction of sp³-hybridized carbons (Fsp3) is 1.00. The molecule has 2 heteroatoms. The minimum Gasteiger partial charge on any atom is -1.00 e. The van der Waals surface area contributed by atoms with E-state index in [1.807, 2.05) is 0 Å². The monoisotopic (exact) mass is 249 g/mol. The van der Waals surface area contributed by atoms with Gasteiger partial charge < -0.3 is 6.74 Å². The Labute approximate surface area is 130 Å². The van der Waals surface area contributed by atoms with Crippen molar-refractivity contribution in [1.29, 1.82) is 0 Å². The molecule has 1 N–H and O–H groups in total. The van der Waals surface area contributed by atoms with Crippen molar-refractivity contribution in [3.05, 3.63) is 0 Å². The molecular weight excluding hydrogens is 213 g/mol. The molecule has 1 nitrogen and oxygen atoms in total. The molecule has 0 unspecified atom stereocenters. The summed E-state index contributed by atoms with van der Waals surface area (Å²) in [5.41, 5.74) is 0. The standard InChI is InChI=1S/C16H35N.Li.H/c1-3-5-7-9-11-13-15-17-16-14-12-10-8-6-4-2;;/h17H,3-16H2,1-2H3;;/q;+1;-1. The summed E-state index contributed by atoms with van der Waals surface area (Å²) < 4.78 is 0. The first-order chi connectivity index (χ1) is 8.41. The van der Waals surface area contributed by atoms with Gasteiger partial charge in [-0.25, -0.2) is 0 Å². The van der Waals surface area contributed by atoms with Gasteiger partial charge in [-0.2, -0.15) is 0 Å². The molecule has 106 valence electrons. The summed E-state index contributed by atoms with van der Waals surface area (Å²) in [6.45, 7) is 7.03. The second-order valence-electron chi connectivity index (χ2n) is 5.29. The van der Waals surface area contributed by atoms with Crippen molar-refractivity contribution in [3.63, 3.8) is 0 Å². The van der Waals surface area contributed by atoms with Crippen LogP contribution in [0.15, 0.2) is 0 Å². The predicted octanol–water partition coefficient (Wildman–Crippen LogP) is 2.41. The van der Waals surface area contributed by atoms with E-state index in [0.29, 0.717) is 0 Å². The molecule has 0 aromatic rings.